The van der Waals surface area contributed by atoms with Crippen molar-refractivity contribution in [2.24, 2.45) is 11.8 Å². The van der Waals surface area contributed by atoms with Crippen LogP contribution < -0.4 is 10.6 Å². The highest BCUT2D eigenvalue weighted by molar-refractivity contribution is 5.81. The van der Waals surface area contributed by atoms with E-state index in [2.05, 4.69) is 17.2 Å². The van der Waals surface area contributed by atoms with Crippen molar-refractivity contribution in [3.8, 4) is 0 Å². The smallest absolute Gasteiger partial charge is 0.407 e. The maximum absolute atomic E-state index is 11.7. The van der Waals surface area contributed by atoms with Gasteiger partial charge in [0.1, 0.15) is 5.60 Å². The Kier molecular flexibility index (Phi) is 7.10. The van der Waals surface area contributed by atoms with Crippen LogP contribution in [-0.2, 0) is 9.53 Å². The summed E-state index contributed by atoms with van der Waals surface area (Å²) in [6.07, 6.45) is 3.83. The summed E-state index contributed by atoms with van der Waals surface area (Å²) in [7, 11) is 0. The van der Waals surface area contributed by atoms with Crippen LogP contribution in [0.3, 0.4) is 0 Å². The number of ether oxygens (including phenoxy) is 1. The minimum absolute atomic E-state index is 0.126. The molecule has 0 radical (unpaired) electrons. The Balaban J connectivity index is 2.29. The largest absolute Gasteiger partial charge is 0.444 e. The van der Waals surface area contributed by atoms with E-state index in [1.54, 1.807) is 6.92 Å². The van der Waals surface area contributed by atoms with Gasteiger partial charge in [-0.25, -0.2) is 4.79 Å². The van der Waals surface area contributed by atoms with Crippen LogP contribution in [0.15, 0.2) is 12.3 Å². The van der Waals surface area contributed by atoms with E-state index < -0.39 is 5.60 Å². The van der Waals surface area contributed by atoms with Crippen molar-refractivity contribution in [2.75, 3.05) is 6.54 Å². The Morgan fingerprint density at radius 2 is 1.78 bits per heavy atom. The molecule has 1 rings (SSSR count). The van der Waals surface area contributed by atoms with E-state index >= 15 is 0 Å². The molecule has 2 N–H and O–H groups in total. The van der Waals surface area contributed by atoms with Gasteiger partial charge in [-0.3, -0.25) is 4.79 Å². The van der Waals surface area contributed by atoms with Gasteiger partial charge in [0.15, 0.2) is 5.78 Å². The zero-order valence-electron chi connectivity index (χ0n) is 15.2. The molecule has 1 amide bonds. The lowest BCUT2D eigenvalue weighted by Crippen LogP contribution is -2.37. The Labute approximate surface area is 140 Å². The van der Waals surface area contributed by atoms with Crippen molar-refractivity contribution in [2.45, 2.75) is 71.9 Å². The summed E-state index contributed by atoms with van der Waals surface area (Å²) in [5.41, 5.74) is 0.504. The van der Waals surface area contributed by atoms with E-state index in [0.29, 0.717) is 18.4 Å². The third kappa shape index (κ3) is 7.53. The third-order valence-electron chi connectivity index (χ3n) is 4.29. The molecule has 132 valence electrons. The Hall–Kier alpha value is -1.52. The van der Waals surface area contributed by atoms with Gasteiger partial charge in [0, 0.05) is 12.2 Å². The number of ketones is 1. The molecule has 0 heterocycles. The molecular weight excluding hydrogens is 292 g/mol. The monoisotopic (exact) mass is 324 g/mol. The molecular formula is C18H32N2O3. The molecule has 23 heavy (non-hydrogen) atoms. The lowest BCUT2D eigenvalue weighted by atomic mass is 9.80. The zero-order valence-corrected chi connectivity index (χ0v) is 15.2. The van der Waals surface area contributed by atoms with Gasteiger partial charge in [0.05, 0.1) is 6.04 Å². The van der Waals surface area contributed by atoms with Gasteiger partial charge in [-0.2, -0.15) is 0 Å². The lowest BCUT2D eigenvalue weighted by molar-refractivity contribution is -0.118. The summed E-state index contributed by atoms with van der Waals surface area (Å²) in [5.74, 6) is 1.02. The van der Waals surface area contributed by atoms with Gasteiger partial charge in [0.25, 0.3) is 0 Å². The number of carbonyl (C=O) groups excluding carboxylic acids is 2. The highest BCUT2D eigenvalue weighted by Crippen LogP contribution is 2.31. The summed E-state index contributed by atoms with van der Waals surface area (Å²) in [6.45, 7) is 13.8. The number of nitrogens with one attached hydrogen (secondary N) is 2. The number of hydrogen-bond donors (Lipinski definition) is 2. The maximum Gasteiger partial charge on any atom is 0.407 e. The second-order valence-electron chi connectivity index (χ2n) is 7.60. The van der Waals surface area contributed by atoms with Crippen molar-refractivity contribution in [1.82, 2.24) is 10.6 Å². The quantitative estimate of drug-likeness (QED) is 0.786. The van der Waals surface area contributed by atoms with Gasteiger partial charge < -0.3 is 15.4 Å². The Bertz CT molecular complexity index is 432. The molecule has 1 aliphatic rings. The molecule has 1 aliphatic carbocycles. The number of alkyl carbamates (subject to hydrolysis) is 1. The predicted octanol–water partition coefficient (Wildman–Crippen LogP) is 3.40. The Morgan fingerprint density at radius 3 is 2.26 bits per heavy atom. The molecule has 1 saturated carbocycles. The highest BCUT2D eigenvalue weighted by atomic mass is 16.6. The molecule has 1 atom stereocenters. The minimum atomic E-state index is -0.460. The molecule has 5 nitrogen and oxygen atoms in total. The van der Waals surface area contributed by atoms with E-state index in [4.69, 9.17) is 4.74 Å². The average molecular weight is 324 g/mol. The van der Waals surface area contributed by atoms with E-state index in [1.165, 1.54) is 0 Å². The normalized spacial score (nSPS) is 22.8. The molecule has 0 bridgehead atoms. The second-order valence-corrected chi connectivity index (χ2v) is 7.60. The summed E-state index contributed by atoms with van der Waals surface area (Å²) in [6, 6.07) is -0.172. The number of allylic oxidation sites excluding steroid dienone is 1. The van der Waals surface area contributed by atoms with Crippen LogP contribution in [0, 0.1) is 11.8 Å². The number of amides is 1. The van der Waals surface area contributed by atoms with Gasteiger partial charge in [-0.05, 0) is 72.1 Å². The number of Topliss-reactive ketones (excluding diaryl/α,β-unsaturated/α-hetero) is 1. The summed E-state index contributed by atoms with van der Waals surface area (Å²) < 4.78 is 5.25. The first-order valence-electron chi connectivity index (χ1n) is 8.51. The van der Waals surface area contributed by atoms with E-state index in [0.717, 1.165) is 31.4 Å². The molecule has 0 saturated heterocycles. The second kappa shape index (κ2) is 8.37. The molecule has 0 aliphatic heterocycles. The van der Waals surface area contributed by atoms with Gasteiger partial charge in [-0.1, -0.05) is 6.58 Å². The summed E-state index contributed by atoms with van der Waals surface area (Å²) in [5, 5.41) is 6.06. The van der Waals surface area contributed by atoms with Crippen LogP contribution in [0.25, 0.3) is 0 Å². The molecule has 0 aromatic heterocycles. The van der Waals surface area contributed by atoms with E-state index in [-0.39, 0.29) is 17.9 Å². The van der Waals surface area contributed by atoms with E-state index in [1.807, 2.05) is 27.7 Å². The maximum atomic E-state index is 11.7. The first-order valence-corrected chi connectivity index (χ1v) is 8.51. The van der Waals surface area contributed by atoms with Gasteiger partial charge in [-0.15, -0.1) is 0 Å². The number of hydrogen-bond acceptors (Lipinski definition) is 4. The molecule has 5 heteroatoms. The molecule has 1 fully saturated rings. The average Bonchev–Trinajstić information content (AvgIpc) is 2.43. The third-order valence-corrected chi connectivity index (χ3v) is 4.29. The van der Waals surface area contributed by atoms with Crippen LogP contribution in [0.5, 0.6) is 0 Å². The highest BCUT2D eigenvalue weighted by Gasteiger charge is 2.25. The van der Waals surface area contributed by atoms with Crippen LogP contribution in [0.1, 0.15) is 60.3 Å². The van der Waals surface area contributed by atoms with Crippen LogP contribution in [-0.4, -0.2) is 30.1 Å². The lowest BCUT2D eigenvalue weighted by Gasteiger charge is -2.31. The van der Waals surface area contributed by atoms with Crippen molar-refractivity contribution < 1.29 is 14.3 Å². The Morgan fingerprint density at radius 1 is 1.22 bits per heavy atom. The SMILES string of the molecule is C=C(N[C@@H](C)C(C)=O)C1CCC(CNC(=O)OC(C)(C)C)CC1. The van der Waals surface area contributed by atoms with Crippen molar-refractivity contribution >= 4 is 11.9 Å². The molecule has 0 unspecified atom stereocenters. The topological polar surface area (TPSA) is 67.4 Å². The molecule has 0 spiro atoms. The summed E-state index contributed by atoms with van der Waals surface area (Å²) in [4.78, 5) is 23.0. The minimum Gasteiger partial charge on any atom is -0.444 e. The first-order chi connectivity index (χ1) is 10.6. The van der Waals surface area contributed by atoms with Gasteiger partial charge >= 0.3 is 6.09 Å². The van der Waals surface area contributed by atoms with Crippen molar-refractivity contribution in [3.05, 3.63) is 12.3 Å². The standard InChI is InChI=1S/C18H32N2O3/c1-12(14(3)21)20-13(2)16-9-7-15(8-10-16)11-19-17(22)23-18(4,5)6/h12,15-16,20H,2,7-11H2,1,3-6H3,(H,19,22)/t12-,15?,16?/m0/s1. The molecule has 0 aromatic rings. The predicted molar refractivity (Wildman–Crippen MR) is 92.1 cm³/mol. The zero-order chi connectivity index (χ0) is 17.6. The van der Waals surface area contributed by atoms with Crippen molar-refractivity contribution in [1.29, 1.82) is 0 Å². The summed E-state index contributed by atoms with van der Waals surface area (Å²) >= 11 is 0. The van der Waals surface area contributed by atoms with E-state index in [9.17, 15) is 9.59 Å². The fraction of sp³-hybridized carbons (Fsp3) is 0.778. The number of rotatable bonds is 6. The number of carbonyl (C=O) groups is 2. The fourth-order valence-electron chi connectivity index (χ4n) is 2.75. The fourth-order valence-corrected chi connectivity index (χ4v) is 2.75. The van der Waals surface area contributed by atoms with Crippen LogP contribution in [0.2, 0.25) is 0 Å². The first kappa shape index (κ1) is 19.5. The van der Waals surface area contributed by atoms with Crippen LogP contribution in [0.4, 0.5) is 4.79 Å². The van der Waals surface area contributed by atoms with Crippen molar-refractivity contribution in [3.63, 3.8) is 0 Å². The molecule has 0 aromatic carbocycles. The van der Waals surface area contributed by atoms with Gasteiger partial charge in [0.2, 0.25) is 0 Å². The van der Waals surface area contributed by atoms with Crippen LogP contribution >= 0.6 is 0 Å².